The lowest BCUT2D eigenvalue weighted by Crippen LogP contribution is -2.15. The second kappa shape index (κ2) is 6.76. The summed E-state index contributed by atoms with van der Waals surface area (Å²) in [4.78, 5) is 12.0. The monoisotopic (exact) mass is 304 g/mol. The van der Waals surface area contributed by atoms with Gasteiger partial charge in [0.2, 0.25) is 5.91 Å². The highest BCUT2D eigenvalue weighted by molar-refractivity contribution is 7.99. The Bertz CT molecular complexity index is 651. The fourth-order valence-electron chi connectivity index (χ4n) is 1.98. The number of benzene rings is 1. The number of aromatic nitrogens is 3. The predicted octanol–water partition coefficient (Wildman–Crippen LogP) is 2.73. The number of aryl methyl sites for hydroxylation is 2. The van der Waals surface area contributed by atoms with Crippen LogP contribution in [0.15, 0.2) is 23.4 Å². The van der Waals surface area contributed by atoms with Gasteiger partial charge in [-0.3, -0.25) is 4.79 Å². The molecule has 1 amide bonds. The average Bonchev–Trinajstić information content (AvgIpc) is 2.82. The highest BCUT2D eigenvalue weighted by Gasteiger charge is 2.11. The molecule has 1 aromatic heterocycles. The molecule has 1 aromatic carbocycles. The minimum Gasteiger partial charge on any atom is -0.325 e. The van der Waals surface area contributed by atoms with Gasteiger partial charge in [-0.25, -0.2) is 0 Å². The van der Waals surface area contributed by atoms with Crippen molar-refractivity contribution in [2.75, 3.05) is 11.1 Å². The molecule has 5 nitrogen and oxygen atoms in total. The molecule has 0 bridgehead atoms. The van der Waals surface area contributed by atoms with Crippen LogP contribution >= 0.6 is 11.8 Å². The van der Waals surface area contributed by atoms with Crippen LogP contribution in [0.2, 0.25) is 0 Å². The van der Waals surface area contributed by atoms with Crippen LogP contribution in [0.1, 0.15) is 23.9 Å². The van der Waals surface area contributed by atoms with Gasteiger partial charge in [0, 0.05) is 19.2 Å². The summed E-state index contributed by atoms with van der Waals surface area (Å²) in [6.07, 6.45) is 0.832. The fraction of sp³-hybridized carbons (Fsp3) is 0.400. The van der Waals surface area contributed by atoms with Gasteiger partial charge in [0.15, 0.2) is 5.16 Å². The number of nitrogens with one attached hydrogen (secondary N) is 1. The van der Waals surface area contributed by atoms with Crippen molar-refractivity contribution in [3.05, 3.63) is 35.2 Å². The maximum Gasteiger partial charge on any atom is 0.234 e. The van der Waals surface area contributed by atoms with Gasteiger partial charge in [-0.1, -0.05) is 30.8 Å². The second-order valence-corrected chi connectivity index (χ2v) is 5.84. The van der Waals surface area contributed by atoms with E-state index in [1.165, 1.54) is 17.3 Å². The first-order valence-corrected chi connectivity index (χ1v) is 7.88. The lowest BCUT2D eigenvalue weighted by atomic mass is 10.1. The summed E-state index contributed by atoms with van der Waals surface area (Å²) in [5, 5.41) is 11.9. The molecule has 0 saturated carbocycles. The average molecular weight is 304 g/mol. The maximum atomic E-state index is 12.0. The van der Waals surface area contributed by atoms with Crippen molar-refractivity contribution in [3.63, 3.8) is 0 Å². The molecule has 21 heavy (non-hydrogen) atoms. The van der Waals surface area contributed by atoms with Gasteiger partial charge in [0.1, 0.15) is 5.82 Å². The number of nitrogens with zero attached hydrogens (tertiary/aromatic N) is 3. The molecule has 0 fully saturated rings. The Morgan fingerprint density at radius 3 is 2.76 bits per heavy atom. The number of anilines is 1. The zero-order chi connectivity index (χ0) is 15.4. The van der Waals surface area contributed by atoms with Crippen molar-refractivity contribution in [2.24, 2.45) is 7.05 Å². The zero-order valence-corrected chi connectivity index (χ0v) is 13.6. The third-order valence-electron chi connectivity index (χ3n) is 3.45. The van der Waals surface area contributed by atoms with E-state index in [0.717, 1.165) is 28.7 Å². The Labute approximate surface area is 129 Å². The molecular weight excluding hydrogens is 284 g/mol. The van der Waals surface area contributed by atoms with Crippen molar-refractivity contribution in [1.82, 2.24) is 14.8 Å². The minimum absolute atomic E-state index is 0.0326. The van der Waals surface area contributed by atoms with Gasteiger partial charge in [-0.05, 0) is 31.0 Å². The van der Waals surface area contributed by atoms with Crippen LogP contribution in [-0.4, -0.2) is 26.4 Å². The topological polar surface area (TPSA) is 59.8 Å². The second-order valence-electron chi connectivity index (χ2n) is 4.90. The Morgan fingerprint density at radius 1 is 1.33 bits per heavy atom. The molecule has 112 valence electrons. The quantitative estimate of drug-likeness (QED) is 0.863. The number of rotatable bonds is 5. The molecule has 2 rings (SSSR count). The van der Waals surface area contributed by atoms with Crippen LogP contribution in [0.5, 0.6) is 0 Å². The van der Waals surface area contributed by atoms with E-state index in [0.29, 0.717) is 5.75 Å². The summed E-state index contributed by atoms with van der Waals surface area (Å²) in [6, 6.07) is 5.90. The zero-order valence-electron chi connectivity index (χ0n) is 12.8. The molecular formula is C15H20N4OS. The van der Waals surface area contributed by atoms with Crippen LogP contribution in [-0.2, 0) is 18.3 Å². The minimum atomic E-state index is -0.0326. The van der Waals surface area contributed by atoms with Gasteiger partial charge < -0.3 is 9.88 Å². The predicted molar refractivity (Wildman–Crippen MR) is 85.7 cm³/mol. The molecule has 6 heteroatoms. The highest BCUT2D eigenvalue weighted by atomic mass is 32.2. The Morgan fingerprint density at radius 2 is 2.10 bits per heavy atom. The summed E-state index contributed by atoms with van der Waals surface area (Å²) in [5.74, 6) is 1.21. The van der Waals surface area contributed by atoms with Gasteiger partial charge in [0.05, 0.1) is 5.75 Å². The van der Waals surface area contributed by atoms with Crippen LogP contribution in [0, 0.1) is 13.8 Å². The van der Waals surface area contributed by atoms with E-state index < -0.39 is 0 Å². The van der Waals surface area contributed by atoms with Crippen molar-refractivity contribution in [1.29, 1.82) is 0 Å². The molecule has 1 heterocycles. The summed E-state index contributed by atoms with van der Waals surface area (Å²) >= 11 is 1.40. The number of hydrogen-bond donors (Lipinski definition) is 1. The van der Waals surface area contributed by atoms with Gasteiger partial charge in [-0.15, -0.1) is 10.2 Å². The molecule has 0 unspecified atom stereocenters. The summed E-state index contributed by atoms with van der Waals surface area (Å²) in [6.45, 7) is 6.07. The lowest BCUT2D eigenvalue weighted by molar-refractivity contribution is -0.113. The van der Waals surface area contributed by atoms with E-state index in [1.807, 2.05) is 50.6 Å². The lowest BCUT2D eigenvalue weighted by Gasteiger charge is -2.10. The van der Waals surface area contributed by atoms with Crippen molar-refractivity contribution in [3.8, 4) is 0 Å². The first-order valence-electron chi connectivity index (χ1n) is 6.90. The molecule has 0 aliphatic carbocycles. The third-order valence-corrected chi connectivity index (χ3v) is 4.47. The molecule has 0 saturated heterocycles. The van der Waals surface area contributed by atoms with E-state index >= 15 is 0 Å². The van der Waals surface area contributed by atoms with E-state index in [2.05, 4.69) is 15.5 Å². The molecule has 1 N–H and O–H groups in total. The van der Waals surface area contributed by atoms with Crippen LogP contribution < -0.4 is 5.32 Å². The number of thioether (sulfide) groups is 1. The summed E-state index contributed by atoms with van der Waals surface area (Å²) < 4.78 is 1.93. The molecule has 0 aliphatic rings. The molecule has 0 aliphatic heterocycles. The van der Waals surface area contributed by atoms with Gasteiger partial charge >= 0.3 is 0 Å². The number of carbonyl (C=O) groups excluding carboxylic acids is 1. The highest BCUT2D eigenvalue weighted by Crippen LogP contribution is 2.20. The van der Waals surface area contributed by atoms with E-state index in [4.69, 9.17) is 0 Å². The van der Waals surface area contributed by atoms with Crippen LogP contribution in [0.4, 0.5) is 5.69 Å². The van der Waals surface area contributed by atoms with E-state index in [1.54, 1.807) is 0 Å². The fourth-order valence-corrected chi connectivity index (χ4v) is 2.71. The van der Waals surface area contributed by atoms with E-state index in [-0.39, 0.29) is 5.91 Å². The first-order chi connectivity index (χ1) is 10.0. The van der Waals surface area contributed by atoms with Gasteiger partial charge in [-0.2, -0.15) is 0 Å². The smallest absolute Gasteiger partial charge is 0.234 e. The number of hydrogen-bond acceptors (Lipinski definition) is 4. The molecule has 0 spiro atoms. The SMILES string of the molecule is CCc1nnc(SCC(=O)Nc2cccc(C)c2C)n1C. The Kier molecular flexibility index (Phi) is 5.01. The third kappa shape index (κ3) is 3.64. The van der Waals surface area contributed by atoms with Crippen molar-refractivity contribution >= 4 is 23.4 Å². The van der Waals surface area contributed by atoms with E-state index in [9.17, 15) is 4.79 Å². The summed E-state index contributed by atoms with van der Waals surface area (Å²) in [7, 11) is 1.92. The molecule has 0 atom stereocenters. The Hall–Kier alpha value is -1.82. The molecule has 0 radical (unpaired) electrons. The standard InChI is InChI=1S/C15H20N4OS/c1-5-13-17-18-15(19(13)4)21-9-14(20)16-12-8-6-7-10(2)11(12)3/h6-8H,5,9H2,1-4H3,(H,16,20). The van der Waals surface area contributed by atoms with Crippen LogP contribution in [0.25, 0.3) is 0 Å². The van der Waals surface area contributed by atoms with Crippen molar-refractivity contribution in [2.45, 2.75) is 32.3 Å². The first kappa shape index (κ1) is 15.6. The van der Waals surface area contributed by atoms with Gasteiger partial charge in [0.25, 0.3) is 0 Å². The van der Waals surface area contributed by atoms with Crippen LogP contribution in [0.3, 0.4) is 0 Å². The summed E-state index contributed by atoms with van der Waals surface area (Å²) in [5.41, 5.74) is 3.14. The Balaban J connectivity index is 1.96. The number of amides is 1. The maximum absolute atomic E-state index is 12.0. The largest absolute Gasteiger partial charge is 0.325 e. The number of carbonyl (C=O) groups is 1. The molecule has 2 aromatic rings. The van der Waals surface area contributed by atoms with Crippen molar-refractivity contribution < 1.29 is 4.79 Å². The normalized spacial score (nSPS) is 10.7.